The Balaban J connectivity index is 1.64. The maximum Gasteiger partial charge on any atom is 0.251 e. The van der Waals surface area contributed by atoms with Crippen molar-refractivity contribution in [1.29, 1.82) is 0 Å². The zero-order valence-electron chi connectivity index (χ0n) is 19.3. The predicted molar refractivity (Wildman–Crippen MR) is 130 cm³/mol. The van der Waals surface area contributed by atoms with Crippen molar-refractivity contribution in [2.24, 2.45) is 5.92 Å². The highest BCUT2D eigenvalue weighted by Gasteiger charge is 2.23. The maximum absolute atomic E-state index is 13.2. The van der Waals surface area contributed by atoms with E-state index in [1.54, 1.807) is 11.3 Å². The molecule has 4 rings (SSSR count). The molecule has 0 aromatic carbocycles. The Labute approximate surface area is 188 Å². The summed E-state index contributed by atoms with van der Waals surface area (Å²) in [7, 11) is 0. The average Bonchev–Trinajstić information content (AvgIpc) is 3.21. The number of aryl methyl sites for hydroxylation is 2. The fourth-order valence-corrected chi connectivity index (χ4v) is 5.38. The minimum atomic E-state index is 0.0202. The first-order valence-corrected chi connectivity index (χ1v) is 11.8. The molecule has 2 N–H and O–H groups in total. The van der Waals surface area contributed by atoms with Gasteiger partial charge in [0.15, 0.2) is 0 Å². The molecule has 0 saturated heterocycles. The highest BCUT2D eigenvalue weighted by molar-refractivity contribution is 7.15. The number of allylic oxidation sites excluding steroid dienone is 5. The molecule has 1 atom stereocenters. The highest BCUT2D eigenvalue weighted by atomic mass is 32.1. The summed E-state index contributed by atoms with van der Waals surface area (Å²) in [5.41, 5.74) is 9.76. The summed E-state index contributed by atoms with van der Waals surface area (Å²) < 4.78 is 0. The van der Waals surface area contributed by atoms with Crippen molar-refractivity contribution in [2.45, 2.75) is 60.8 Å². The zero-order valence-corrected chi connectivity index (χ0v) is 20.1. The summed E-state index contributed by atoms with van der Waals surface area (Å²) in [6.07, 6.45) is 9.18. The van der Waals surface area contributed by atoms with Crippen LogP contribution < -0.4 is 5.32 Å². The molecule has 0 fully saturated rings. The lowest BCUT2D eigenvalue weighted by molar-refractivity contribution is -0.117. The molecule has 0 aliphatic heterocycles. The van der Waals surface area contributed by atoms with Crippen LogP contribution in [0, 0.1) is 19.8 Å². The van der Waals surface area contributed by atoms with Gasteiger partial charge in [0.25, 0.3) is 5.91 Å². The van der Waals surface area contributed by atoms with Crippen molar-refractivity contribution in [3.8, 4) is 10.6 Å². The summed E-state index contributed by atoms with van der Waals surface area (Å²) in [6.45, 7) is 12.6. The van der Waals surface area contributed by atoms with Gasteiger partial charge in [-0.3, -0.25) is 4.79 Å². The third-order valence-electron chi connectivity index (χ3n) is 6.30. The minimum absolute atomic E-state index is 0.0202. The molecule has 31 heavy (non-hydrogen) atoms. The number of aromatic nitrogens is 2. The monoisotopic (exact) mass is 433 g/mol. The molecule has 0 bridgehead atoms. The first-order valence-electron chi connectivity index (χ1n) is 11.0. The van der Waals surface area contributed by atoms with Crippen LogP contribution in [-0.4, -0.2) is 15.9 Å². The fraction of sp³-hybridized carbons (Fsp3) is 0.385. The molecule has 2 aliphatic carbocycles. The Morgan fingerprint density at radius 1 is 1.23 bits per heavy atom. The minimum Gasteiger partial charge on any atom is -0.357 e. The van der Waals surface area contributed by atoms with Crippen molar-refractivity contribution in [3.05, 3.63) is 68.2 Å². The first kappa shape index (κ1) is 21.6. The van der Waals surface area contributed by atoms with Crippen LogP contribution >= 0.6 is 11.3 Å². The Kier molecular flexibility index (Phi) is 5.89. The van der Waals surface area contributed by atoms with E-state index in [0.29, 0.717) is 5.92 Å². The topological polar surface area (TPSA) is 57.8 Å². The van der Waals surface area contributed by atoms with Gasteiger partial charge in [-0.25, -0.2) is 4.98 Å². The average molecular weight is 434 g/mol. The van der Waals surface area contributed by atoms with Gasteiger partial charge >= 0.3 is 0 Å². The summed E-state index contributed by atoms with van der Waals surface area (Å²) in [5.74, 6) is 0.460. The largest absolute Gasteiger partial charge is 0.357 e. The van der Waals surface area contributed by atoms with Gasteiger partial charge in [0.1, 0.15) is 0 Å². The van der Waals surface area contributed by atoms with Crippen LogP contribution in [0.1, 0.15) is 62.5 Å². The molecule has 1 unspecified atom stereocenters. The number of aromatic amines is 1. The molecule has 162 valence electrons. The highest BCUT2D eigenvalue weighted by Crippen LogP contribution is 2.34. The molecule has 1 amide bonds. The Morgan fingerprint density at radius 2 is 2.00 bits per heavy atom. The lowest BCUT2D eigenvalue weighted by Crippen LogP contribution is -2.27. The van der Waals surface area contributed by atoms with E-state index in [1.165, 1.54) is 21.7 Å². The van der Waals surface area contributed by atoms with Gasteiger partial charge in [-0.2, -0.15) is 0 Å². The van der Waals surface area contributed by atoms with Crippen LogP contribution in [-0.2, 0) is 11.2 Å². The van der Waals surface area contributed by atoms with Gasteiger partial charge in [0, 0.05) is 23.4 Å². The zero-order chi connectivity index (χ0) is 22.3. The van der Waals surface area contributed by atoms with Crippen molar-refractivity contribution in [1.82, 2.24) is 15.3 Å². The van der Waals surface area contributed by atoms with Crippen LogP contribution in [0.2, 0.25) is 0 Å². The number of rotatable bonds is 4. The molecule has 0 radical (unpaired) electrons. The number of H-pyrrole nitrogens is 1. The molecule has 4 nitrogen and oxygen atoms in total. The van der Waals surface area contributed by atoms with Crippen LogP contribution in [0.25, 0.3) is 16.6 Å². The van der Waals surface area contributed by atoms with E-state index in [1.807, 2.05) is 6.92 Å². The van der Waals surface area contributed by atoms with Crippen molar-refractivity contribution in [2.75, 3.05) is 0 Å². The third kappa shape index (κ3) is 4.38. The number of nitrogens with zero attached hydrogens (tertiary/aromatic N) is 1. The molecular formula is C26H31N3OS. The van der Waals surface area contributed by atoms with Crippen LogP contribution in [0.5, 0.6) is 0 Å². The second kappa shape index (κ2) is 8.46. The number of fused-ring (bicyclic) bond motifs is 1. The molecule has 2 aliphatic rings. The first-order chi connectivity index (χ1) is 14.7. The molecule has 2 heterocycles. The Bertz CT molecular complexity index is 1170. The van der Waals surface area contributed by atoms with E-state index in [-0.39, 0.29) is 5.91 Å². The van der Waals surface area contributed by atoms with E-state index in [0.717, 1.165) is 58.1 Å². The van der Waals surface area contributed by atoms with Gasteiger partial charge in [-0.1, -0.05) is 24.1 Å². The molecule has 2 aromatic rings. The van der Waals surface area contributed by atoms with Crippen LogP contribution in [0.4, 0.5) is 0 Å². The van der Waals surface area contributed by atoms with E-state index in [2.05, 4.69) is 74.2 Å². The molecule has 0 saturated carbocycles. The number of hydrogen-bond acceptors (Lipinski definition) is 3. The van der Waals surface area contributed by atoms with Gasteiger partial charge in [0.05, 0.1) is 21.3 Å². The predicted octanol–water partition coefficient (Wildman–Crippen LogP) is 6.41. The van der Waals surface area contributed by atoms with Gasteiger partial charge in [-0.15, -0.1) is 11.3 Å². The Hall–Kier alpha value is -2.66. The molecular weight excluding hydrogens is 402 g/mol. The number of carbonyl (C=O) groups is 1. The quantitative estimate of drug-likeness (QED) is 0.585. The summed E-state index contributed by atoms with van der Waals surface area (Å²) in [4.78, 5) is 22.5. The smallest absolute Gasteiger partial charge is 0.251 e. The van der Waals surface area contributed by atoms with E-state index in [4.69, 9.17) is 0 Å². The number of amides is 1. The van der Waals surface area contributed by atoms with E-state index >= 15 is 0 Å². The summed E-state index contributed by atoms with van der Waals surface area (Å²) >= 11 is 1.71. The van der Waals surface area contributed by atoms with Gasteiger partial charge in [0.2, 0.25) is 0 Å². The fourth-order valence-electron chi connectivity index (χ4n) is 4.49. The molecule has 0 spiro atoms. The lowest BCUT2D eigenvalue weighted by Gasteiger charge is -2.23. The standard InChI is InChI=1S/C26H31N3OS/c1-7-19-10-15(3)16(4)22(11-19)26(30)28-21-8-14(2)9-23-20(12-21)13-24(29-23)25-17(5)27-18(6)31-25/h8,10,12-13,19,29H,7,9,11H2,1-6H3,(H,28,30). The van der Waals surface area contributed by atoms with Crippen LogP contribution in [0.15, 0.2) is 46.2 Å². The second-order valence-electron chi connectivity index (χ2n) is 8.81. The van der Waals surface area contributed by atoms with Crippen molar-refractivity contribution >= 4 is 23.3 Å². The second-order valence-corrected chi connectivity index (χ2v) is 10.0. The number of carbonyl (C=O) groups excluding carboxylic acids is 1. The summed E-state index contributed by atoms with van der Waals surface area (Å²) in [5, 5.41) is 4.27. The van der Waals surface area contributed by atoms with E-state index < -0.39 is 0 Å². The van der Waals surface area contributed by atoms with E-state index in [9.17, 15) is 4.79 Å². The maximum atomic E-state index is 13.2. The normalized spacial score (nSPS) is 18.8. The number of thiazole rings is 1. The number of nitrogens with one attached hydrogen (secondary N) is 2. The SMILES string of the molecule is CCC1C=C(C)C(C)=C(C(=O)NC2=Cc3cc(-c4sc(C)nc4C)[nH]c3CC(C)=C2)C1. The summed E-state index contributed by atoms with van der Waals surface area (Å²) in [6, 6.07) is 2.18. The molecule has 5 heteroatoms. The lowest BCUT2D eigenvalue weighted by atomic mass is 9.84. The van der Waals surface area contributed by atoms with Crippen molar-refractivity contribution in [3.63, 3.8) is 0 Å². The molecule has 2 aromatic heterocycles. The van der Waals surface area contributed by atoms with Crippen LogP contribution in [0.3, 0.4) is 0 Å². The van der Waals surface area contributed by atoms with Gasteiger partial charge < -0.3 is 10.3 Å². The van der Waals surface area contributed by atoms with Crippen molar-refractivity contribution < 1.29 is 4.79 Å². The Morgan fingerprint density at radius 3 is 2.68 bits per heavy atom. The number of hydrogen-bond donors (Lipinski definition) is 2. The van der Waals surface area contributed by atoms with Gasteiger partial charge in [-0.05, 0) is 82.7 Å². The third-order valence-corrected chi connectivity index (χ3v) is 7.41.